The van der Waals surface area contributed by atoms with Crippen LogP contribution in [0.25, 0.3) is 0 Å². The molecule has 62 valence electrons. The lowest BCUT2D eigenvalue weighted by atomic mass is 10.3. The molecule has 0 aromatic rings. The number of nitrogens with zero attached hydrogens (tertiary/aromatic N) is 2. The molecule has 0 N–H and O–H groups in total. The number of halogens is 1. The van der Waals surface area contributed by atoms with E-state index in [1.807, 2.05) is 0 Å². The zero-order valence-electron chi connectivity index (χ0n) is 5.91. The highest BCUT2D eigenvalue weighted by molar-refractivity contribution is 9.10. The molecule has 1 heterocycles. The minimum atomic E-state index is -1.55. The van der Waals surface area contributed by atoms with Crippen molar-refractivity contribution in [1.29, 1.82) is 0 Å². The first kappa shape index (κ1) is 8.45. The van der Waals surface area contributed by atoms with Gasteiger partial charge in [-0.05, 0) is 0 Å². The van der Waals surface area contributed by atoms with Crippen molar-refractivity contribution in [2.45, 2.75) is 10.9 Å². The standard InChI is InChI=1S/C5H7BrN2O3/c1-7-3-2-5(6,4(7)9)8(10)11/h2-3H2,1H3. The molecule has 1 atom stereocenters. The van der Waals surface area contributed by atoms with Gasteiger partial charge in [0.25, 0.3) is 0 Å². The number of alkyl halides is 1. The Morgan fingerprint density at radius 1 is 1.82 bits per heavy atom. The highest BCUT2D eigenvalue weighted by atomic mass is 79.9. The lowest BCUT2D eigenvalue weighted by Crippen LogP contribution is -2.39. The van der Waals surface area contributed by atoms with Gasteiger partial charge in [-0.15, -0.1) is 0 Å². The van der Waals surface area contributed by atoms with Crippen molar-refractivity contribution < 1.29 is 9.72 Å². The van der Waals surface area contributed by atoms with Gasteiger partial charge < -0.3 is 4.90 Å². The molecule has 0 spiro atoms. The minimum Gasteiger partial charge on any atom is -0.338 e. The molecule has 1 unspecified atom stereocenters. The quantitative estimate of drug-likeness (QED) is 0.276. The van der Waals surface area contributed by atoms with Crippen molar-refractivity contribution in [1.82, 2.24) is 4.90 Å². The molecule has 0 saturated carbocycles. The van der Waals surface area contributed by atoms with Gasteiger partial charge in [-0.25, -0.2) is 0 Å². The number of carbonyl (C=O) groups excluding carboxylic acids is 1. The minimum absolute atomic E-state index is 0.231. The van der Waals surface area contributed by atoms with Crippen LogP contribution in [0, 0.1) is 10.1 Å². The Labute approximate surface area is 71.6 Å². The fraction of sp³-hybridized carbons (Fsp3) is 0.800. The Balaban J connectivity index is 2.90. The summed E-state index contributed by atoms with van der Waals surface area (Å²) in [5.74, 6) is -0.470. The zero-order chi connectivity index (χ0) is 8.65. The SMILES string of the molecule is CN1CCC(Br)([N+](=O)[O-])C1=O. The lowest BCUT2D eigenvalue weighted by Gasteiger charge is -2.10. The van der Waals surface area contributed by atoms with Gasteiger partial charge in [0.15, 0.2) is 0 Å². The summed E-state index contributed by atoms with van der Waals surface area (Å²) in [6.07, 6.45) is 0.231. The number of likely N-dealkylation sites (N-methyl/N-ethyl adjacent to an activating group) is 1. The van der Waals surface area contributed by atoms with Crippen molar-refractivity contribution in [3.8, 4) is 0 Å². The molecular weight excluding hydrogens is 216 g/mol. The molecule has 6 heteroatoms. The lowest BCUT2D eigenvalue weighted by molar-refractivity contribution is -0.518. The van der Waals surface area contributed by atoms with E-state index in [1.54, 1.807) is 7.05 Å². The van der Waals surface area contributed by atoms with Gasteiger partial charge in [0.2, 0.25) is 0 Å². The summed E-state index contributed by atoms with van der Waals surface area (Å²) >= 11 is 2.83. The van der Waals surface area contributed by atoms with E-state index in [1.165, 1.54) is 4.90 Å². The summed E-state index contributed by atoms with van der Waals surface area (Å²) in [6.45, 7) is 0.436. The molecule has 1 rings (SSSR count). The number of likely N-dealkylation sites (tertiary alicyclic amines) is 1. The van der Waals surface area contributed by atoms with Crippen molar-refractivity contribution in [2.75, 3.05) is 13.6 Å². The molecule has 1 fully saturated rings. The highest BCUT2D eigenvalue weighted by Gasteiger charge is 2.54. The summed E-state index contributed by atoms with van der Waals surface area (Å²) in [7, 11) is 1.55. The second-order valence-corrected chi connectivity index (χ2v) is 3.81. The number of rotatable bonds is 1. The average Bonchev–Trinajstić information content (AvgIpc) is 2.18. The molecule has 1 aliphatic rings. The largest absolute Gasteiger partial charge is 0.352 e. The van der Waals surface area contributed by atoms with Crippen LogP contribution < -0.4 is 0 Å². The molecule has 1 amide bonds. The van der Waals surface area contributed by atoms with E-state index in [0.717, 1.165) is 0 Å². The van der Waals surface area contributed by atoms with E-state index in [4.69, 9.17) is 0 Å². The summed E-state index contributed by atoms with van der Waals surface area (Å²) in [5, 5.41) is 10.4. The van der Waals surface area contributed by atoms with Crippen LogP contribution in [0.2, 0.25) is 0 Å². The van der Waals surface area contributed by atoms with Crippen LogP contribution in [0.5, 0.6) is 0 Å². The van der Waals surface area contributed by atoms with Gasteiger partial charge >= 0.3 is 10.4 Å². The summed E-state index contributed by atoms with van der Waals surface area (Å²) in [6, 6.07) is 0. The smallest absolute Gasteiger partial charge is 0.338 e. The molecule has 0 radical (unpaired) electrons. The number of amides is 1. The zero-order valence-corrected chi connectivity index (χ0v) is 7.50. The summed E-state index contributed by atoms with van der Waals surface area (Å²) in [4.78, 5) is 22.3. The molecular formula is C5H7BrN2O3. The van der Waals surface area contributed by atoms with Crippen LogP contribution in [0.1, 0.15) is 6.42 Å². The molecule has 0 aromatic carbocycles. The molecule has 0 aromatic heterocycles. The number of carbonyl (C=O) groups is 1. The third kappa shape index (κ3) is 1.11. The van der Waals surface area contributed by atoms with E-state index >= 15 is 0 Å². The van der Waals surface area contributed by atoms with Gasteiger partial charge in [0.05, 0.1) is 6.42 Å². The molecule has 0 aliphatic carbocycles. The summed E-state index contributed by atoms with van der Waals surface area (Å²) < 4.78 is -1.55. The van der Waals surface area contributed by atoms with Crippen LogP contribution in [-0.2, 0) is 4.79 Å². The third-order valence-corrected chi connectivity index (χ3v) is 2.77. The Morgan fingerprint density at radius 2 is 2.36 bits per heavy atom. The van der Waals surface area contributed by atoms with Crippen molar-refractivity contribution in [3.05, 3.63) is 10.1 Å². The Kier molecular flexibility index (Phi) is 1.87. The van der Waals surface area contributed by atoms with Crippen LogP contribution in [0.3, 0.4) is 0 Å². The van der Waals surface area contributed by atoms with E-state index in [0.29, 0.717) is 6.54 Å². The highest BCUT2D eigenvalue weighted by Crippen LogP contribution is 2.31. The van der Waals surface area contributed by atoms with Gasteiger partial charge in [0, 0.05) is 34.4 Å². The van der Waals surface area contributed by atoms with Gasteiger partial charge in [0.1, 0.15) is 0 Å². The molecule has 1 saturated heterocycles. The second-order valence-electron chi connectivity index (χ2n) is 2.49. The topological polar surface area (TPSA) is 63.4 Å². The molecule has 1 aliphatic heterocycles. The maximum Gasteiger partial charge on any atom is 0.352 e. The first-order chi connectivity index (χ1) is 4.98. The normalized spacial score (nSPS) is 31.1. The average molecular weight is 223 g/mol. The van der Waals surface area contributed by atoms with Crippen LogP contribution in [0.4, 0.5) is 0 Å². The van der Waals surface area contributed by atoms with E-state index < -0.39 is 15.3 Å². The van der Waals surface area contributed by atoms with Crippen LogP contribution in [0.15, 0.2) is 0 Å². The monoisotopic (exact) mass is 222 g/mol. The predicted molar refractivity (Wildman–Crippen MR) is 40.9 cm³/mol. The molecule has 11 heavy (non-hydrogen) atoms. The molecule has 0 bridgehead atoms. The maximum atomic E-state index is 11.1. The second kappa shape index (κ2) is 2.44. The number of hydrogen-bond acceptors (Lipinski definition) is 3. The van der Waals surface area contributed by atoms with Gasteiger partial charge in [-0.1, -0.05) is 0 Å². The van der Waals surface area contributed by atoms with E-state index in [9.17, 15) is 14.9 Å². The first-order valence-corrected chi connectivity index (χ1v) is 3.87. The van der Waals surface area contributed by atoms with E-state index in [-0.39, 0.29) is 6.42 Å². The third-order valence-electron chi connectivity index (χ3n) is 1.74. The Morgan fingerprint density at radius 3 is 2.55 bits per heavy atom. The Bertz CT molecular complexity index is 220. The fourth-order valence-corrected chi connectivity index (χ4v) is 1.47. The summed E-state index contributed by atoms with van der Waals surface area (Å²) in [5.41, 5.74) is 0. The van der Waals surface area contributed by atoms with Crippen molar-refractivity contribution in [2.24, 2.45) is 0 Å². The predicted octanol–water partition coefficient (Wildman–Crippen LogP) is 0.216. The van der Waals surface area contributed by atoms with E-state index in [2.05, 4.69) is 15.9 Å². The van der Waals surface area contributed by atoms with Crippen LogP contribution in [-0.4, -0.2) is 33.8 Å². The number of nitro groups is 1. The number of hydrogen-bond donors (Lipinski definition) is 0. The fourth-order valence-electron chi connectivity index (χ4n) is 0.986. The van der Waals surface area contributed by atoms with Crippen molar-refractivity contribution in [3.63, 3.8) is 0 Å². The molecule has 5 nitrogen and oxygen atoms in total. The maximum absolute atomic E-state index is 11.1. The van der Waals surface area contributed by atoms with Gasteiger partial charge in [-0.3, -0.25) is 14.9 Å². The van der Waals surface area contributed by atoms with Gasteiger partial charge in [-0.2, -0.15) is 0 Å². The first-order valence-electron chi connectivity index (χ1n) is 3.07. The van der Waals surface area contributed by atoms with Crippen molar-refractivity contribution >= 4 is 21.8 Å². The van der Waals surface area contributed by atoms with Crippen LogP contribution >= 0.6 is 15.9 Å². The Hall–Kier alpha value is -0.650.